The van der Waals surface area contributed by atoms with Crippen LogP contribution in [0.3, 0.4) is 0 Å². The maximum atomic E-state index is 12.8. The maximum Gasteiger partial charge on any atom is 0.254 e. The Labute approximate surface area is 174 Å². The van der Waals surface area contributed by atoms with Gasteiger partial charge in [0, 0.05) is 31.9 Å². The van der Waals surface area contributed by atoms with E-state index < -0.39 is 6.04 Å². The summed E-state index contributed by atoms with van der Waals surface area (Å²) in [7, 11) is 1.63. The third kappa shape index (κ3) is 4.07. The van der Waals surface area contributed by atoms with Crippen molar-refractivity contribution >= 4 is 29.1 Å². The van der Waals surface area contributed by atoms with Gasteiger partial charge in [0.05, 0.1) is 24.8 Å². The van der Waals surface area contributed by atoms with Crippen molar-refractivity contribution in [3.63, 3.8) is 0 Å². The second kappa shape index (κ2) is 8.44. The molecular weight excluding hydrogens is 384 g/mol. The number of piperazine rings is 1. The van der Waals surface area contributed by atoms with Crippen LogP contribution in [0, 0.1) is 0 Å². The van der Waals surface area contributed by atoms with Crippen molar-refractivity contribution in [3.05, 3.63) is 54.1 Å². The molecule has 4 rings (SSSR count). The Bertz CT molecular complexity index is 952. The highest BCUT2D eigenvalue weighted by atomic mass is 16.5. The fourth-order valence-electron chi connectivity index (χ4n) is 3.77. The summed E-state index contributed by atoms with van der Waals surface area (Å²) in [6.07, 6.45) is -0.0614. The fourth-order valence-corrected chi connectivity index (χ4v) is 3.77. The first-order valence-corrected chi connectivity index (χ1v) is 9.92. The zero-order valence-electron chi connectivity index (χ0n) is 16.8. The van der Waals surface area contributed by atoms with Crippen LogP contribution in [0.25, 0.3) is 0 Å². The summed E-state index contributed by atoms with van der Waals surface area (Å²) in [5.41, 5.74) is 1.94. The largest absolute Gasteiger partial charge is 0.497 e. The van der Waals surface area contributed by atoms with Crippen LogP contribution in [0.15, 0.2) is 48.5 Å². The molecule has 8 heteroatoms. The molecule has 3 amide bonds. The van der Waals surface area contributed by atoms with Crippen LogP contribution >= 0.6 is 0 Å². The van der Waals surface area contributed by atoms with E-state index in [1.807, 2.05) is 24.3 Å². The Morgan fingerprint density at radius 2 is 1.73 bits per heavy atom. The van der Waals surface area contributed by atoms with Gasteiger partial charge in [0.2, 0.25) is 11.8 Å². The number of hydrogen-bond donors (Lipinski definition) is 2. The zero-order chi connectivity index (χ0) is 21.1. The number of amides is 3. The summed E-state index contributed by atoms with van der Waals surface area (Å²) >= 11 is 0. The molecule has 2 aromatic rings. The number of fused-ring (bicyclic) bond motifs is 1. The van der Waals surface area contributed by atoms with Crippen molar-refractivity contribution in [2.24, 2.45) is 0 Å². The molecular formula is C22H24N4O4. The Hall–Kier alpha value is -3.55. The molecule has 156 valence electrons. The Kier molecular flexibility index (Phi) is 5.56. The minimum absolute atomic E-state index is 0.0614. The van der Waals surface area contributed by atoms with E-state index in [9.17, 15) is 14.4 Å². The first-order chi connectivity index (χ1) is 14.5. The molecule has 0 aromatic heterocycles. The molecule has 1 atom stereocenters. The van der Waals surface area contributed by atoms with E-state index in [4.69, 9.17) is 4.74 Å². The predicted molar refractivity (Wildman–Crippen MR) is 113 cm³/mol. The van der Waals surface area contributed by atoms with E-state index in [0.717, 1.165) is 11.4 Å². The molecule has 0 bridgehead atoms. The molecule has 2 heterocycles. The third-order valence-corrected chi connectivity index (χ3v) is 5.50. The number of nitrogens with zero attached hydrogens (tertiary/aromatic N) is 2. The molecule has 0 saturated carbocycles. The first-order valence-electron chi connectivity index (χ1n) is 9.92. The van der Waals surface area contributed by atoms with Crippen LogP contribution in [-0.2, 0) is 9.59 Å². The van der Waals surface area contributed by atoms with Gasteiger partial charge in [-0.2, -0.15) is 0 Å². The van der Waals surface area contributed by atoms with E-state index in [1.54, 1.807) is 36.3 Å². The maximum absolute atomic E-state index is 12.8. The number of carbonyl (C=O) groups is 3. The summed E-state index contributed by atoms with van der Waals surface area (Å²) < 4.78 is 5.19. The average Bonchev–Trinajstić information content (AvgIpc) is 2.90. The molecule has 0 spiro atoms. The fraction of sp³-hybridized carbons (Fsp3) is 0.318. The van der Waals surface area contributed by atoms with Gasteiger partial charge in [-0.3, -0.25) is 14.4 Å². The highest BCUT2D eigenvalue weighted by molar-refractivity contribution is 6.10. The zero-order valence-corrected chi connectivity index (χ0v) is 16.8. The summed E-state index contributed by atoms with van der Waals surface area (Å²) in [4.78, 5) is 41.7. The van der Waals surface area contributed by atoms with Crippen molar-refractivity contribution in [1.82, 2.24) is 10.2 Å². The molecule has 1 unspecified atom stereocenters. The van der Waals surface area contributed by atoms with Crippen LogP contribution in [0.5, 0.6) is 5.75 Å². The standard InChI is InChI=1S/C22H24N4O4/c1-30-16-8-6-15(7-9-16)25-10-12-26(13-11-25)20(27)14-19-22(29)23-18-5-3-2-4-17(18)21(28)24-19/h2-9,19H,10-14H2,1H3,(H,23,29)(H,24,28). The number of anilines is 2. The molecule has 2 N–H and O–H groups in total. The number of ether oxygens (including phenoxy) is 1. The molecule has 2 aliphatic heterocycles. The monoisotopic (exact) mass is 408 g/mol. The predicted octanol–water partition coefficient (Wildman–Crippen LogP) is 1.48. The minimum Gasteiger partial charge on any atom is -0.497 e. The molecule has 2 aromatic carbocycles. The smallest absolute Gasteiger partial charge is 0.254 e. The van der Waals surface area contributed by atoms with E-state index in [1.165, 1.54) is 0 Å². The number of methoxy groups -OCH3 is 1. The van der Waals surface area contributed by atoms with Gasteiger partial charge >= 0.3 is 0 Å². The highest BCUT2D eigenvalue weighted by Crippen LogP contribution is 2.22. The van der Waals surface area contributed by atoms with Crippen molar-refractivity contribution < 1.29 is 19.1 Å². The van der Waals surface area contributed by atoms with Gasteiger partial charge < -0.3 is 25.2 Å². The number of benzene rings is 2. The van der Waals surface area contributed by atoms with Crippen molar-refractivity contribution in [3.8, 4) is 5.75 Å². The van der Waals surface area contributed by atoms with Gasteiger partial charge in [0.15, 0.2) is 0 Å². The number of rotatable bonds is 4. The third-order valence-electron chi connectivity index (χ3n) is 5.50. The Morgan fingerprint density at radius 3 is 2.43 bits per heavy atom. The van der Waals surface area contributed by atoms with Crippen LogP contribution in [0.2, 0.25) is 0 Å². The average molecular weight is 408 g/mol. The van der Waals surface area contributed by atoms with E-state index in [0.29, 0.717) is 37.4 Å². The molecule has 1 saturated heterocycles. The van der Waals surface area contributed by atoms with Gasteiger partial charge in [-0.1, -0.05) is 12.1 Å². The molecule has 0 radical (unpaired) electrons. The second-order valence-electron chi connectivity index (χ2n) is 7.33. The minimum atomic E-state index is -0.892. The van der Waals surface area contributed by atoms with Crippen molar-refractivity contribution in [2.45, 2.75) is 12.5 Å². The van der Waals surface area contributed by atoms with Gasteiger partial charge in [-0.25, -0.2) is 0 Å². The topological polar surface area (TPSA) is 91.0 Å². The highest BCUT2D eigenvalue weighted by Gasteiger charge is 2.31. The van der Waals surface area contributed by atoms with Gasteiger partial charge in [0.25, 0.3) is 5.91 Å². The lowest BCUT2D eigenvalue weighted by Gasteiger charge is -2.36. The molecule has 0 aliphatic carbocycles. The molecule has 1 fully saturated rings. The number of para-hydroxylation sites is 1. The van der Waals surface area contributed by atoms with E-state index in [2.05, 4.69) is 15.5 Å². The number of hydrogen-bond acceptors (Lipinski definition) is 5. The van der Waals surface area contributed by atoms with Gasteiger partial charge in [0.1, 0.15) is 11.8 Å². The molecule has 2 aliphatic rings. The Morgan fingerprint density at radius 1 is 1.03 bits per heavy atom. The second-order valence-corrected chi connectivity index (χ2v) is 7.33. The van der Waals surface area contributed by atoms with Gasteiger partial charge in [-0.15, -0.1) is 0 Å². The summed E-state index contributed by atoms with van der Waals surface area (Å²) in [5.74, 6) is -0.0705. The van der Waals surface area contributed by atoms with Crippen molar-refractivity contribution in [2.75, 3.05) is 43.5 Å². The number of nitrogens with one attached hydrogen (secondary N) is 2. The lowest BCUT2D eigenvalue weighted by Crippen LogP contribution is -2.51. The lowest BCUT2D eigenvalue weighted by atomic mass is 10.1. The molecule has 8 nitrogen and oxygen atoms in total. The Balaban J connectivity index is 1.34. The summed E-state index contributed by atoms with van der Waals surface area (Å²) in [6.45, 7) is 2.53. The van der Waals surface area contributed by atoms with E-state index >= 15 is 0 Å². The van der Waals surface area contributed by atoms with Crippen LogP contribution in [0.4, 0.5) is 11.4 Å². The lowest BCUT2D eigenvalue weighted by molar-refractivity contribution is -0.134. The SMILES string of the molecule is COc1ccc(N2CCN(C(=O)CC3NC(=O)c4ccccc4NC3=O)CC2)cc1. The summed E-state index contributed by atoms with van der Waals surface area (Å²) in [6, 6.07) is 13.7. The number of carbonyl (C=O) groups excluding carboxylic acids is 3. The van der Waals surface area contributed by atoms with Crippen molar-refractivity contribution in [1.29, 1.82) is 0 Å². The normalized spacial score (nSPS) is 18.8. The van der Waals surface area contributed by atoms with Gasteiger partial charge in [-0.05, 0) is 36.4 Å². The van der Waals surface area contributed by atoms with Crippen LogP contribution in [0.1, 0.15) is 16.8 Å². The first kappa shape index (κ1) is 19.8. The quantitative estimate of drug-likeness (QED) is 0.800. The van der Waals surface area contributed by atoms with E-state index in [-0.39, 0.29) is 24.1 Å². The van der Waals surface area contributed by atoms with Crippen LogP contribution < -0.4 is 20.3 Å². The van der Waals surface area contributed by atoms with Crippen LogP contribution in [-0.4, -0.2) is 62.0 Å². The molecule has 30 heavy (non-hydrogen) atoms. The summed E-state index contributed by atoms with van der Waals surface area (Å²) in [5, 5.41) is 5.42.